The van der Waals surface area contributed by atoms with E-state index in [1.807, 2.05) is 12.4 Å². The molecule has 5 rings (SSSR count). The van der Waals surface area contributed by atoms with Crippen LogP contribution in [0.4, 0.5) is 5.69 Å². The molecule has 0 aromatic carbocycles. The summed E-state index contributed by atoms with van der Waals surface area (Å²) in [6.07, 6.45) is 5.13. The third-order valence-electron chi connectivity index (χ3n) is 5.57. The normalized spacial score (nSPS) is 35.7. The van der Waals surface area contributed by atoms with Gasteiger partial charge in [-0.2, -0.15) is 5.10 Å². The molecule has 0 unspecified atom stereocenters. The molecule has 3 aliphatic rings. The van der Waals surface area contributed by atoms with Crippen LogP contribution >= 0.6 is 0 Å². The number of rotatable bonds is 1. The Morgan fingerprint density at radius 1 is 1.20 bits per heavy atom. The van der Waals surface area contributed by atoms with Gasteiger partial charge in [0.05, 0.1) is 23.9 Å². The van der Waals surface area contributed by atoms with Crippen molar-refractivity contribution in [2.45, 2.75) is 6.42 Å². The second-order valence-electron chi connectivity index (χ2n) is 6.49. The van der Waals surface area contributed by atoms with Crippen LogP contribution in [-0.2, 0) is 4.74 Å². The Morgan fingerprint density at radius 3 is 3.20 bits per heavy atom. The largest absolute Gasteiger partial charge is 0.381 e. The van der Waals surface area contributed by atoms with Crippen LogP contribution < -0.4 is 4.90 Å². The fourth-order valence-electron chi connectivity index (χ4n) is 4.66. The lowest BCUT2D eigenvalue weighted by molar-refractivity contribution is 0.158. The van der Waals surface area contributed by atoms with Crippen LogP contribution in [0.15, 0.2) is 18.5 Å². The minimum Gasteiger partial charge on any atom is -0.381 e. The van der Waals surface area contributed by atoms with Crippen molar-refractivity contribution in [1.82, 2.24) is 15.2 Å². The summed E-state index contributed by atoms with van der Waals surface area (Å²) in [5, 5.41) is 8.23. The average molecular weight is 270 g/mol. The van der Waals surface area contributed by atoms with E-state index in [-0.39, 0.29) is 0 Å². The zero-order valence-corrected chi connectivity index (χ0v) is 11.3. The van der Waals surface area contributed by atoms with E-state index in [0.29, 0.717) is 0 Å². The Balaban J connectivity index is 1.48. The van der Waals surface area contributed by atoms with Gasteiger partial charge in [-0.15, -0.1) is 0 Å². The van der Waals surface area contributed by atoms with E-state index >= 15 is 0 Å². The number of pyridine rings is 1. The summed E-state index contributed by atoms with van der Waals surface area (Å²) in [5.74, 6) is 3.30. The van der Waals surface area contributed by atoms with Gasteiger partial charge >= 0.3 is 0 Å². The second kappa shape index (κ2) is 3.95. The molecule has 2 aromatic rings. The highest BCUT2D eigenvalue weighted by molar-refractivity contribution is 5.88. The van der Waals surface area contributed by atoms with Crippen LogP contribution in [0.25, 0.3) is 11.0 Å². The van der Waals surface area contributed by atoms with E-state index in [9.17, 15) is 0 Å². The molecule has 2 aliphatic heterocycles. The first-order chi connectivity index (χ1) is 9.90. The highest BCUT2D eigenvalue weighted by atomic mass is 16.5. The van der Waals surface area contributed by atoms with Gasteiger partial charge in [0.2, 0.25) is 0 Å². The Labute approximate surface area is 117 Å². The molecular weight excluding hydrogens is 252 g/mol. The minimum absolute atomic E-state index is 0.798. The fraction of sp³-hybridized carbons (Fsp3) is 0.600. The van der Waals surface area contributed by atoms with E-state index in [4.69, 9.17) is 4.74 Å². The van der Waals surface area contributed by atoms with Gasteiger partial charge in [-0.05, 0) is 36.2 Å². The molecule has 20 heavy (non-hydrogen) atoms. The van der Waals surface area contributed by atoms with Gasteiger partial charge in [0.15, 0.2) is 5.65 Å². The van der Waals surface area contributed by atoms with Crippen molar-refractivity contribution < 1.29 is 4.74 Å². The molecule has 1 aliphatic carbocycles. The Kier molecular flexibility index (Phi) is 2.19. The number of nitrogens with one attached hydrogen (secondary N) is 1. The van der Waals surface area contributed by atoms with E-state index in [1.165, 1.54) is 25.2 Å². The quantitative estimate of drug-likeness (QED) is 0.856. The van der Waals surface area contributed by atoms with Crippen molar-refractivity contribution in [3.8, 4) is 0 Å². The monoisotopic (exact) mass is 270 g/mol. The Hall–Kier alpha value is -1.62. The third kappa shape index (κ3) is 1.41. The molecule has 1 N–H and O–H groups in total. The lowest BCUT2D eigenvalue weighted by atomic mass is 9.91. The highest BCUT2D eigenvalue weighted by Crippen LogP contribution is 2.49. The number of ether oxygens (including phenoxy) is 1. The van der Waals surface area contributed by atoms with Gasteiger partial charge in [-0.25, -0.2) is 4.98 Å². The summed E-state index contributed by atoms with van der Waals surface area (Å²) >= 11 is 0. The standard InChI is InChI=1S/C15H18N4O/c1-2-16-15-11(4-17-18-15)14(1)19-5-9-3-10-7-20-8-13(10)12(9)6-19/h1-2,4,9-10,12-13H,3,5-8H2,(H,16,17,18)/t9-,10+,12+,13-/m0/s1. The van der Waals surface area contributed by atoms with E-state index in [0.717, 1.165) is 47.9 Å². The van der Waals surface area contributed by atoms with Gasteiger partial charge in [0.1, 0.15) is 0 Å². The summed E-state index contributed by atoms with van der Waals surface area (Å²) in [6.45, 7) is 4.33. The molecule has 4 heterocycles. The maximum absolute atomic E-state index is 5.67. The topological polar surface area (TPSA) is 54.0 Å². The molecule has 4 atom stereocenters. The maximum atomic E-state index is 5.67. The maximum Gasteiger partial charge on any atom is 0.157 e. The van der Waals surface area contributed by atoms with Crippen molar-refractivity contribution in [2.75, 3.05) is 31.2 Å². The molecule has 3 fully saturated rings. The summed E-state index contributed by atoms with van der Waals surface area (Å²) < 4.78 is 5.67. The number of aromatic amines is 1. The first-order valence-corrected chi connectivity index (χ1v) is 7.51. The summed E-state index contributed by atoms with van der Waals surface area (Å²) in [7, 11) is 0. The molecule has 0 bridgehead atoms. The molecule has 1 saturated carbocycles. The number of hydrogen-bond acceptors (Lipinski definition) is 4. The van der Waals surface area contributed by atoms with Gasteiger partial charge in [-0.1, -0.05) is 0 Å². The van der Waals surface area contributed by atoms with E-state index < -0.39 is 0 Å². The summed E-state index contributed by atoms with van der Waals surface area (Å²) in [6, 6.07) is 2.13. The van der Waals surface area contributed by atoms with Crippen LogP contribution in [0.3, 0.4) is 0 Å². The first-order valence-electron chi connectivity index (χ1n) is 7.51. The Morgan fingerprint density at radius 2 is 2.20 bits per heavy atom. The predicted molar refractivity (Wildman–Crippen MR) is 75.5 cm³/mol. The van der Waals surface area contributed by atoms with Crippen LogP contribution in [0.2, 0.25) is 0 Å². The zero-order valence-electron chi connectivity index (χ0n) is 11.3. The number of H-pyrrole nitrogens is 1. The number of nitrogens with zero attached hydrogens (tertiary/aromatic N) is 3. The number of anilines is 1. The molecule has 104 valence electrons. The molecule has 0 radical (unpaired) electrons. The predicted octanol–water partition coefficient (Wildman–Crippen LogP) is 1.68. The van der Waals surface area contributed by atoms with E-state index in [2.05, 4.69) is 26.1 Å². The second-order valence-corrected chi connectivity index (χ2v) is 6.49. The molecule has 0 spiro atoms. The number of hydrogen-bond donors (Lipinski definition) is 1. The van der Waals surface area contributed by atoms with Gasteiger partial charge in [-0.3, -0.25) is 5.10 Å². The molecule has 2 saturated heterocycles. The number of aromatic nitrogens is 3. The van der Waals surface area contributed by atoms with Crippen LogP contribution in [0.1, 0.15) is 6.42 Å². The molecule has 2 aromatic heterocycles. The fourth-order valence-corrected chi connectivity index (χ4v) is 4.66. The van der Waals surface area contributed by atoms with Crippen molar-refractivity contribution in [3.63, 3.8) is 0 Å². The summed E-state index contributed by atoms with van der Waals surface area (Å²) in [4.78, 5) is 6.87. The average Bonchev–Trinajstić information content (AvgIpc) is 3.18. The van der Waals surface area contributed by atoms with E-state index in [1.54, 1.807) is 0 Å². The number of fused-ring (bicyclic) bond motifs is 4. The summed E-state index contributed by atoms with van der Waals surface area (Å²) in [5.41, 5.74) is 2.18. The van der Waals surface area contributed by atoms with Crippen molar-refractivity contribution in [1.29, 1.82) is 0 Å². The first kappa shape index (κ1) is 11.1. The van der Waals surface area contributed by atoms with Crippen molar-refractivity contribution in [3.05, 3.63) is 18.5 Å². The van der Waals surface area contributed by atoms with Crippen LogP contribution in [0, 0.1) is 23.7 Å². The minimum atomic E-state index is 0.798. The van der Waals surface area contributed by atoms with Gasteiger partial charge in [0.25, 0.3) is 0 Å². The lowest BCUT2D eigenvalue weighted by Crippen LogP contribution is -2.24. The smallest absolute Gasteiger partial charge is 0.157 e. The third-order valence-corrected chi connectivity index (χ3v) is 5.57. The Bertz CT molecular complexity index is 654. The lowest BCUT2D eigenvalue weighted by Gasteiger charge is -2.22. The van der Waals surface area contributed by atoms with Crippen molar-refractivity contribution in [2.24, 2.45) is 23.7 Å². The van der Waals surface area contributed by atoms with Gasteiger partial charge < -0.3 is 9.64 Å². The SMILES string of the molecule is c1cc(N2C[C@@H]3C[C@@H]4COC[C@@H]4[C@@H]3C2)c2cn[nH]c2n1. The molecule has 5 heteroatoms. The van der Waals surface area contributed by atoms with Gasteiger partial charge in [0, 0.05) is 25.9 Å². The molecular formula is C15H18N4O. The highest BCUT2D eigenvalue weighted by Gasteiger charge is 2.50. The van der Waals surface area contributed by atoms with Crippen molar-refractivity contribution >= 4 is 16.7 Å². The van der Waals surface area contributed by atoms with Crippen LogP contribution in [0.5, 0.6) is 0 Å². The molecule has 0 amide bonds. The zero-order chi connectivity index (χ0) is 13.1. The van der Waals surface area contributed by atoms with Crippen LogP contribution in [-0.4, -0.2) is 41.5 Å². The molecule has 5 nitrogen and oxygen atoms in total.